The third kappa shape index (κ3) is 3.42. The SMILES string of the molecule is COc1ccc2c(CN3CCOC3)nc(Nc3cc(C)[nH]n3)cc2c1. The van der Waals surface area contributed by atoms with Crippen molar-refractivity contribution in [3.8, 4) is 5.75 Å². The Morgan fingerprint density at radius 1 is 1.28 bits per heavy atom. The molecule has 0 amide bonds. The van der Waals surface area contributed by atoms with Crippen molar-refractivity contribution < 1.29 is 9.47 Å². The molecule has 0 bridgehead atoms. The van der Waals surface area contributed by atoms with Crippen LogP contribution in [-0.4, -0.2) is 47.1 Å². The first-order chi connectivity index (χ1) is 12.2. The average molecular weight is 339 g/mol. The number of aromatic amines is 1. The van der Waals surface area contributed by atoms with Gasteiger partial charge in [0.2, 0.25) is 0 Å². The Morgan fingerprint density at radius 2 is 2.20 bits per heavy atom. The number of nitrogens with one attached hydrogen (secondary N) is 2. The van der Waals surface area contributed by atoms with Gasteiger partial charge in [-0.25, -0.2) is 4.98 Å². The van der Waals surface area contributed by atoms with E-state index >= 15 is 0 Å². The molecule has 4 rings (SSSR count). The van der Waals surface area contributed by atoms with Crippen LogP contribution in [-0.2, 0) is 11.3 Å². The van der Waals surface area contributed by atoms with E-state index in [0.29, 0.717) is 6.73 Å². The van der Waals surface area contributed by atoms with Crippen molar-refractivity contribution in [2.45, 2.75) is 13.5 Å². The standard InChI is InChI=1S/C18H21N5O2/c1-12-7-18(22-21-12)20-17-9-13-8-14(24-2)3-4-15(13)16(19-17)10-23-5-6-25-11-23/h3-4,7-9H,5-6,10-11H2,1-2H3,(H2,19,20,21,22). The number of anilines is 2. The van der Waals surface area contributed by atoms with Crippen LogP contribution in [0.3, 0.4) is 0 Å². The van der Waals surface area contributed by atoms with Crippen molar-refractivity contribution in [3.05, 3.63) is 41.7 Å². The molecule has 0 radical (unpaired) electrons. The summed E-state index contributed by atoms with van der Waals surface area (Å²) in [6.45, 7) is 5.06. The fraction of sp³-hybridized carbons (Fsp3) is 0.333. The molecule has 1 aromatic carbocycles. The second-order valence-electron chi connectivity index (χ2n) is 6.19. The number of hydrogen-bond donors (Lipinski definition) is 2. The zero-order chi connectivity index (χ0) is 17.2. The van der Waals surface area contributed by atoms with Gasteiger partial charge in [0.05, 0.1) is 26.1 Å². The molecule has 1 aliphatic rings. The molecule has 25 heavy (non-hydrogen) atoms. The van der Waals surface area contributed by atoms with Crippen LogP contribution in [0.1, 0.15) is 11.4 Å². The highest BCUT2D eigenvalue weighted by Crippen LogP contribution is 2.27. The zero-order valence-corrected chi connectivity index (χ0v) is 14.4. The van der Waals surface area contributed by atoms with Gasteiger partial charge in [0, 0.05) is 30.2 Å². The largest absolute Gasteiger partial charge is 0.497 e. The van der Waals surface area contributed by atoms with E-state index in [1.165, 1.54) is 0 Å². The van der Waals surface area contributed by atoms with E-state index in [2.05, 4.69) is 26.5 Å². The number of pyridine rings is 1. The number of fused-ring (bicyclic) bond motifs is 1. The molecule has 1 saturated heterocycles. The molecule has 3 heterocycles. The molecule has 0 unspecified atom stereocenters. The van der Waals surface area contributed by atoms with E-state index in [1.807, 2.05) is 31.2 Å². The quantitative estimate of drug-likeness (QED) is 0.744. The molecule has 1 fully saturated rings. The maximum absolute atomic E-state index is 5.45. The topological polar surface area (TPSA) is 75.3 Å². The Kier molecular flexibility index (Phi) is 4.25. The lowest BCUT2D eigenvalue weighted by atomic mass is 10.1. The van der Waals surface area contributed by atoms with Gasteiger partial charge in [-0.1, -0.05) is 0 Å². The normalized spacial score (nSPS) is 15.0. The summed E-state index contributed by atoms with van der Waals surface area (Å²) in [5, 5.41) is 12.6. The Balaban J connectivity index is 1.73. The summed E-state index contributed by atoms with van der Waals surface area (Å²) in [7, 11) is 1.68. The number of nitrogens with zero attached hydrogens (tertiary/aromatic N) is 3. The summed E-state index contributed by atoms with van der Waals surface area (Å²) in [5.41, 5.74) is 2.01. The van der Waals surface area contributed by atoms with Crippen LogP contribution in [0.5, 0.6) is 5.75 Å². The summed E-state index contributed by atoms with van der Waals surface area (Å²) in [4.78, 5) is 7.07. The zero-order valence-electron chi connectivity index (χ0n) is 14.4. The molecular weight excluding hydrogens is 318 g/mol. The van der Waals surface area contributed by atoms with Gasteiger partial charge >= 0.3 is 0 Å². The molecule has 3 aromatic rings. The smallest absolute Gasteiger partial charge is 0.153 e. The van der Waals surface area contributed by atoms with Gasteiger partial charge in [-0.05, 0) is 36.6 Å². The van der Waals surface area contributed by atoms with Crippen LogP contribution in [0.25, 0.3) is 10.8 Å². The minimum atomic E-state index is 0.648. The van der Waals surface area contributed by atoms with Crippen molar-refractivity contribution in [3.63, 3.8) is 0 Å². The van der Waals surface area contributed by atoms with Gasteiger partial charge < -0.3 is 14.8 Å². The molecule has 2 aromatic heterocycles. The maximum atomic E-state index is 5.45. The molecule has 0 spiro atoms. The van der Waals surface area contributed by atoms with E-state index in [4.69, 9.17) is 14.5 Å². The Bertz CT molecular complexity index is 886. The van der Waals surface area contributed by atoms with Gasteiger partial charge in [-0.15, -0.1) is 0 Å². The molecule has 2 N–H and O–H groups in total. The summed E-state index contributed by atoms with van der Waals surface area (Å²) in [5.74, 6) is 2.35. The minimum Gasteiger partial charge on any atom is -0.497 e. The third-order valence-electron chi connectivity index (χ3n) is 4.28. The van der Waals surface area contributed by atoms with Crippen LogP contribution in [0.2, 0.25) is 0 Å². The van der Waals surface area contributed by atoms with Crippen LogP contribution in [0.4, 0.5) is 11.6 Å². The van der Waals surface area contributed by atoms with Crippen molar-refractivity contribution in [1.82, 2.24) is 20.1 Å². The second-order valence-corrected chi connectivity index (χ2v) is 6.19. The van der Waals surface area contributed by atoms with E-state index < -0.39 is 0 Å². The van der Waals surface area contributed by atoms with Gasteiger partial charge in [0.1, 0.15) is 11.6 Å². The molecule has 0 atom stereocenters. The second kappa shape index (κ2) is 6.70. The monoisotopic (exact) mass is 339 g/mol. The Morgan fingerprint density at radius 3 is 2.92 bits per heavy atom. The van der Waals surface area contributed by atoms with E-state index in [9.17, 15) is 0 Å². The van der Waals surface area contributed by atoms with E-state index in [1.54, 1.807) is 7.11 Å². The van der Waals surface area contributed by atoms with Gasteiger partial charge in [-0.3, -0.25) is 10.00 Å². The fourth-order valence-electron chi connectivity index (χ4n) is 3.02. The minimum absolute atomic E-state index is 0.648. The van der Waals surface area contributed by atoms with Crippen LogP contribution in [0, 0.1) is 6.92 Å². The summed E-state index contributed by atoms with van der Waals surface area (Å²) in [6, 6.07) is 10.0. The molecule has 130 valence electrons. The van der Waals surface area contributed by atoms with Gasteiger partial charge in [-0.2, -0.15) is 5.10 Å². The molecule has 7 heteroatoms. The van der Waals surface area contributed by atoms with Gasteiger partial charge in [0.25, 0.3) is 0 Å². The first-order valence-electron chi connectivity index (χ1n) is 8.28. The summed E-state index contributed by atoms with van der Waals surface area (Å²) >= 11 is 0. The molecule has 0 aliphatic carbocycles. The predicted molar refractivity (Wildman–Crippen MR) is 96.1 cm³/mol. The first-order valence-corrected chi connectivity index (χ1v) is 8.28. The predicted octanol–water partition coefficient (Wildman–Crippen LogP) is 2.81. The number of aryl methyl sites for hydroxylation is 1. The van der Waals surface area contributed by atoms with Crippen molar-refractivity contribution >= 4 is 22.4 Å². The number of hydrogen-bond acceptors (Lipinski definition) is 6. The first kappa shape index (κ1) is 15.9. The van der Waals surface area contributed by atoms with Crippen LogP contribution in [0.15, 0.2) is 30.3 Å². The summed E-state index contributed by atoms with van der Waals surface area (Å²) in [6.07, 6.45) is 0. The van der Waals surface area contributed by atoms with Crippen LogP contribution < -0.4 is 10.1 Å². The molecule has 7 nitrogen and oxygen atoms in total. The summed E-state index contributed by atoms with van der Waals surface area (Å²) < 4.78 is 10.8. The lowest BCUT2D eigenvalue weighted by Crippen LogP contribution is -2.20. The molecule has 1 aliphatic heterocycles. The number of benzene rings is 1. The van der Waals surface area contributed by atoms with Crippen LogP contribution >= 0.6 is 0 Å². The van der Waals surface area contributed by atoms with E-state index in [-0.39, 0.29) is 0 Å². The fourth-order valence-corrected chi connectivity index (χ4v) is 3.02. The number of aromatic nitrogens is 3. The average Bonchev–Trinajstić information content (AvgIpc) is 3.26. The number of methoxy groups -OCH3 is 1. The molecular formula is C18H21N5O2. The van der Waals surface area contributed by atoms with Gasteiger partial charge in [0.15, 0.2) is 5.82 Å². The Hall–Kier alpha value is -2.64. The van der Waals surface area contributed by atoms with Crippen molar-refractivity contribution in [2.24, 2.45) is 0 Å². The van der Waals surface area contributed by atoms with Crippen molar-refractivity contribution in [1.29, 1.82) is 0 Å². The third-order valence-corrected chi connectivity index (χ3v) is 4.28. The van der Waals surface area contributed by atoms with Crippen molar-refractivity contribution in [2.75, 3.05) is 32.3 Å². The highest BCUT2D eigenvalue weighted by Gasteiger charge is 2.16. The number of H-pyrrole nitrogens is 1. The Labute approximate surface area is 146 Å². The number of ether oxygens (including phenoxy) is 2. The van der Waals surface area contributed by atoms with E-state index in [0.717, 1.165) is 59.2 Å². The highest BCUT2D eigenvalue weighted by molar-refractivity contribution is 5.88. The lowest BCUT2D eigenvalue weighted by Gasteiger charge is -2.16. The highest BCUT2D eigenvalue weighted by atomic mass is 16.5. The lowest BCUT2D eigenvalue weighted by molar-refractivity contribution is 0.137. The maximum Gasteiger partial charge on any atom is 0.153 e. The molecule has 0 saturated carbocycles. The number of rotatable bonds is 5.